The normalized spacial score (nSPS) is 17.0. The molecular formula is C30H45NO. The molecule has 2 heteroatoms. The molecule has 1 atom stereocenters. The first-order chi connectivity index (χ1) is 15.5. The van der Waals surface area contributed by atoms with E-state index >= 15 is 0 Å². The fourth-order valence-corrected chi connectivity index (χ4v) is 5.11. The van der Waals surface area contributed by atoms with Gasteiger partial charge in [0.2, 0.25) is 0 Å². The third-order valence-electron chi connectivity index (χ3n) is 6.86. The molecule has 0 aromatic heterocycles. The molecule has 1 heterocycles. The summed E-state index contributed by atoms with van der Waals surface area (Å²) in [5, 5.41) is 3.76. The molecule has 0 bridgehead atoms. The van der Waals surface area contributed by atoms with Crippen molar-refractivity contribution >= 4 is 0 Å². The van der Waals surface area contributed by atoms with Crippen LogP contribution in [-0.2, 0) is 10.3 Å². The van der Waals surface area contributed by atoms with Crippen LogP contribution < -0.4 is 5.32 Å². The standard InChI is InChI=1S/C30H45NO/c1-29(2,3)23-15-7-5-4-6-8-16-25-32-30(28-22-17-24-31-28,26-18-11-9-12-19-26)27-20-13-10-14-21-27/h9-14,18-21,28,31H,4-8,15-17,22-25H2,1-3H3/t28-/m1/s1. The van der Waals surface area contributed by atoms with Crippen molar-refractivity contribution in [3.05, 3.63) is 71.8 Å². The number of hydrogen-bond acceptors (Lipinski definition) is 2. The summed E-state index contributed by atoms with van der Waals surface area (Å²) in [7, 11) is 0. The maximum Gasteiger partial charge on any atom is 0.133 e. The van der Waals surface area contributed by atoms with E-state index in [0.29, 0.717) is 11.5 Å². The summed E-state index contributed by atoms with van der Waals surface area (Å²) in [5.74, 6) is 0. The zero-order valence-corrected chi connectivity index (χ0v) is 20.7. The Balaban J connectivity index is 1.55. The molecule has 2 aromatic rings. The SMILES string of the molecule is CC(C)(C)CCCCCCCCCOC(c1ccccc1)(c1ccccc1)[C@H]1CCCN1. The number of nitrogens with one attached hydrogen (secondary N) is 1. The summed E-state index contributed by atoms with van der Waals surface area (Å²) in [6.07, 6.45) is 12.9. The number of hydrogen-bond donors (Lipinski definition) is 1. The van der Waals surface area contributed by atoms with E-state index < -0.39 is 5.60 Å². The molecule has 0 radical (unpaired) electrons. The molecule has 0 amide bonds. The van der Waals surface area contributed by atoms with Gasteiger partial charge in [0.1, 0.15) is 5.60 Å². The summed E-state index contributed by atoms with van der Waals surface area (Å²) in [6, 6.07) is 22.1. The Kier molecular flexibility index (Phi) is 9.81. The second-order valence-corrected chi connectivity index (χ2v) is 10.8. The van der Waals surface area contributed by atoms with Gasteiger partial charge in [-0.05, 0) is 48.8 Å². The molecule has 0 unspecified atom stereocenters. The van der Waals surface area contributed by atoms with Crippen LogP contribution in [0.4, 0.5) is 0 Å². The van der Waals surface area contributed by atoms with Gasteiger partial charge in [-0.1, -0.05) is 120 Å². The summed E-state index contributed by atoms with van der Waals surface area (Å²) in [4.78, 5) is 0. The van der Waals surface area contributed by atoms with Crippen LogP contribution >= 0.6 is 0 Å². The van der Waals surface area contributed by atoms with Crippen LogP contribution in [0.1, 0.15) is 96.1 Å². The highest BCUT2D eigenvalue weighted by Gasteiger charge is 2.44. The van der Waals surface area contributed by atoms with Crippen LogP contribution in [0.3, 0.4) is 0 Å². The minimum atomic E-state index is -0.411. The molecule has 176 valence electrons. The summed E-state index contributed by atoms with van der Waals surface area (Å²) in [5.41, 5.74) is 2.61. The Bertz CT molecular complexity index is 704. The molecule has 1 N–H and O–H groups in total. The fraction of sp³-hybridized carbons (Fsp3) is 0.600. The van der Waals surface area contributed by atoms with E-state index in [2.05, 4.69) is 86.8 Å². The lowest BCUT2D eigenvalue weighted by Gasteiger charge is -2.40. The summed E-state index contributed by atoms with van der Waals surface area (Å²) >= 11 is 0. The van der Waals surface area contributed by atoms with E-state index in [1.165, 1.54) is 62.5 Å². The van der Waals surface area contributed by atoms with E-state index in [1.807, 2.05) is 0 Å². The second-order valence-electron chi connectivity index (χ2n) is 10.8. The average Bonchev–Trinajstić information content (AvgIpc) is 3.33. The van der Waals surface area contributed by atoms with E-state index in [0.717, 1.165) is 26.0 Å². The van der Waals surface area contributed by atoms with Gasteiger partial charge in [-0.2, -0.15) is 0 Å². The predicted octanol–water partition coefficient (Wildman–Crippen LogP) is 7.87. The number of benzene rings is 2. The molecule has 3 rings (SSSR count). The van der Waals surface area contributed by atoms with Crippen LogP contribution in [0.2, 0.25) is 0 Å². The van der Waals surface area contributed by atoms with Crippen LogP contribution in [0.5, 0.6) is 0 Å². The van der Waals surface area contributed by atoms with Crippen molar-refractivity contribution in [1.82, 2.24) is 5.32 Å². The Morgan fingerprint density at radius 1 is 0.750 bits per heavy atom. The van der Waals surface area contributed by atoms with Crippen LogP contribution in [0, 0.1) is 5.41 Å². The van der Waals surface area contributed by atoms with E-state index in [1.54, 1.807) is 0 Å². The molecular weight excluding hydrogens is 390 g/mol. The summed E-state index contributed by atoms with van der Waals surface area (Å²) < 4.78 is 6.91. The van der Waals surface area contributed by atoms with Gasteiger partial charge in [-0.15, -0.1) is 0 Å². The third kappa shape index (κ3) is 7.18. The Morgan fingerprint density at radius 2 is 1.28 bits per heavy atom. The lowest BCUT2D eigenvalue weighted by Crippen LogP contribution is -2.48. The van der Waals surface area contributed by atoms with Gasteiger partial charge in [0.15, 0.2) is 0 Å². The highest BCUT2D eigenvalue weighted by atomic mass is 16.5. The largest absolute Gasteiger partial charge is 0.364 e. The highest BCUT2D eigenvalue weighted by molar-refractivity contribution is 5.39. The molecule has 0 spiro atoms. The van der Waals surface area contributed by atoms with Crippen molar-refractivity contribution in [2.45, 2.75) is 96.6 Å². The first-order valence-corrected chi connectivity index (χ1v) is 13.0. The molecule has 32 heavy (non-hydrogen) atoms. The third-order valence-corrected chi connectivity index (χ3v) is 6.86. The predicted molar refractivity (Wildman–Crippen MR) is 137 cm³/mol. The zero-order valence-electron chi connectivity index (χ0n) is 20.7. The molecule has 2 nitrogen and oxygen atoms in total. The molecule has 1 fully saturated rings. The van der Waals surface area contributed by atoms with Gasteiger partial charge >= 0.3 is 0 Å². The van der Waals surface area contributed by atoms with Crippen LogP contribution in [-0.4, -0.2) is 19.2 Å². The topological polar surface area (TPSA) is 21.3 Å². The molecule has 1 aliphatic heterocycles. The molecule has 1 aliphatic rings. The molecule has 0 saturated carbocycles. The first kappa shape index (κ1) is 25.0. The zero-order chi connectivity index (χ0) is 22.7. The quantitative estimate of drug-likeness (QED) is 0.323. The van der Waals surface area contributed by atoms with Gasteiger partial charge in [0, 0.05) is 12.6 Å². The highest BCUT2D eigenvalue weighted by Crippen LogP contribution is 2.40. The van der Waals surface area contributed by atoms with Crippen LogP contribution in [0.25, 0.3) is 0 Å². The maximum atomic E-state index is 6.91. The van der Waals surface area contributed by atoms with Gasteiger partial charge in [0.25, 0.3) is 0 Å². The second kappa shape index (κ2) is 12.6. The van der Waals surface area contributed by atoms with Crippen LogP contribution in [0.15, 0.2) is 60.7 Å². The Hall–Kier alpha value is -1.64. The van der Waals surface area contributed by atoms with E-state index in [9.17, 15) is 0 Å². The monoisotopic (exact) mass is 435 g/mol. The first-order valence-electron chi connectivity index (χ1n) is 13.0. The van der Waals surface area contributed by atoms with Crippen molar-refractivity contribution < 1.29 is 4.74 Å². The maximum absolute atomic E-state index is 6.91. The van der Waals surface area contributed by atoms with Gasteiger partial charge < -0.3 is 10.1 Å². The van der Waals surface area contributed by atoms with E-state index in [-0.39, 0.29) is 0 Å². The average molecular weight is 436 g/mol. The molecule has 1 saturated heterocycles. The lowest BCUT2D eigenvalue weighted by molar-refractivity contribution is -0.0437. The van der Waals surface area contributed by atoms with Crippen molar-refractivity contribution in [3.63, 3.8) is 0 Å². The van der Waals surface area contributed by atoms with E-state index in [4.69, 9.17) is 4.74 Å². The number of ether oxygens (including phenoxy) is 1. The number of unbranched alkanes of at least 4 members (excludes halogenated alkanes) is 6. The molecule has 2 aromatic carbocycles. The smallest absolute Gasteiger partial charge is 0.133 e. The van der Waals surface area contributed by atoms with Crippen molar-refractivity contribution in [1.29, 1.82) is 0 Å². The minimum absolute atomic E-state index is 0.315. The fourth-order valence-electron chi connectivity index (χ4n) is 5.11. The van der Waals surface area contributed by atoms with Gasteiger partial charge in [-0.3, -0.25) is 0 Å². The number of rotatable bonds is 13. The van der Waals surface area contributed by atoms with Gasteiger partial charge in [-0.25, -0.2) is 0 Å². The van der Waals surface area contributed by atoms with Gasteiger partial charge in [0.05, 0.1) is 0 Å². The summed E-state index contributed by atoms with van der Waals surface area (Å²) in [6.45, 7) is 8.92. The van der Waals surface area contributed by atoms with Crippen molar-refractivity contribution in [2.24, 2.45) is 5.41 Å². The minimum Gasteiger partial charge on any atom is -0.364 e. The molecule has 0 aliphatic carbocycles. The lowest BCUT2D eigenvalue weighted by atomic mass is 9.79. The Morgan fingerprint density at radius 3 is 1.78 bits per heavy atom. The van der Waals surface area contributed by atoms with Crippen molar-refractivity contribution in [3.8, 4) is 0 Å². The van der Waals surface area contributed by atoms with Crippen molar-refractivity contribution in [2.75, 3.05) is 13.2 Å². The Labute approximate surface area is 197 Å².